The van der Waals surface area contributed by atoms with Gasteiger partial charge < -0.3 is 5.73 Å². The molecule has 16 heavy (non-hydrogen) atoms. The molecular weight excluding hydrogens is 194 g/mol. The molecule has 0 aliphatic heterocycles. The summed E-state index contributed by atoms with van der Waals surface area (Å²) >= 11 is 0. The van der Waals surface area contributed by atoms with Crippen molar-refractivity contribution in [1.29, 1.82) is 0 Å². The van der Waals surface area contributed by atoms with Crippen LogP contribution >= 0.6 is 0 Å². The first-order valence-electron chi connectivity index (χ1n) is 6.08. The van der Waals surface area contributed by atoms with E-state index in [2.05, 4.69) is 30.9 Å². The van der Waals surface area contributed by atoms with Crippen molar-refractivity contribution in [2.24, 2.45) is 5.73 Å². The van der Waals surface area contributed by atoms with Crippen molar-refractivity contribution in [2.45, 2.75) is 41.0 Å². The van der Waals surface area contributed by atoms with Crippen molar-refractivity contribution in [3.05, 3.63) is 35.4 Å². The molecule has 0 radical (unpaired) electrons. The van der Waals surface area contributed by atoms with E-state index in [1.807, 2.05) is 39.8 Å². The zero-order valence-electron chi connectivity index (χ0n) is 11.3. The summed E-state index contributed by atoms with van der Waals surface area (Å²) in [6.45, 7) is 10.7. The van der Waals surface area contributed by atoms with Gasteiger partial charge in [0.2, 0.25) is 0 Å². The highest BCUT2D eigenvalue weighted by Crippen LogP contribution is 2.00. The van der Waals surface area contributed by atoms with E-state index in [1.165, 1.54) is 5.56 Å². The lowest BCUT2D eigenvalue weighted by Gasteiger charge is -1.90. The zero-order chi connectivity index (χ0) is 12.8. The first-order chi connectivity index (χ1) is 7.83. The van der Waals surface area contributed by atoms with Crippen LogP contribution < -0.4 is 5.73 Å². The van der Waals surface area contributed by atoms with Gasteiger partial charge in [0.05, 0.1) is 0 Å². The number of benzene rings is 1. The van der Waals surface area contributed by atoms with Crippen LogP contribution in [0, 0.1) is 18.8 Å². The number of hydrogen-bond donors (Lipinski definition) is 1. The Morgan fingerprint density at radius 2 is 1.50 bits per heavy atom. The van der Waals surface area contributed by atoms with Gasteiger partial charge in [0.25, 0.3) is 0 Å². The summed E-state index contributed by atoms with van der Waals surface area (Å²) in [5.74, 6) is 6.04. The first kappa shape index (κ1) is 17.1. The number of nitrogens with two attached hydrogens (primary N) is 1. The Bertz CT molecular complexity index is 287. The van der Waals surface area contributed by atoms with E-state index in [9.17, 15) is 0 Å². The molecule has 90 valence electrons. The minimum atomic E-state index is 0.638. The lowest BCUT2D eigenvalue weighted by Crippen LogP contribution is -1.95. The third-order valence-corrected chi connectivity index (χ3v) is 1.55. The van der Waals surface area contributed by atoms with E-state index in [1.54, 1.807) is 0 Å². The number of hydrogen-bond acceptors (Lipinski definition) is 1. The van der Waals surface area contributed by atoms with Gasteiger partial charge in [-0.15, -0.1) is 0 Å². The SMILES string of the molecule is CC.CC.Cc1ccc(C#CCCN)cc1. The van der Waals surface area contributed by atoms with Crippen molar-refractivity contribution < 1.29 is 0 Å². The summed E-state index contributed by atoms with van der Waals surface area (Å²) in [6, 6.07) is 8.18. The monoisotopic (exact) mass is 219 g/mol. The number of aryl methyl sites for hydroxylation is 1. The molecule has 0 saturated heterocycles. The Balaban J connectivity index is 0. The van der Waals surface area contributed by atoms with Gasteiger partial charge in [-0.05, 0) is 19.1 Å². The van der Waals surface area contributed by atoms with Crippen LogP contribution in [0.5, 0.6) is 0 Å². The van der Waals surface area contributed by atoms with Crippen LogP contribution in [-0.2, 0) is 0 Å². The van der Waals surface area contributed by atoms with Gasteiger partial charge in [-0.3, -0.25) is 0 Å². The lowest BCUT2D eigenvalue weighted by atomic mass is 10.1. The Morgan fingerprint density at radius 1 is 1.00 bits per heavy atom. The molecule has 0 unspecified atom stereocenters. The minimum absolute atomic E-state index is 0.638. The average Bonchev–Trinajstić information content (AvgIpc) is 2.37. The maximum absolute atomic E-state index is 5.31. The van der Waals surface area contributed by atoms with E-state index in [4.69, 9.17) is 5.73 Å². The van der Waals surface area contributed by atoms with Gasteiger partial charge in [0.1, 0.15) is 0 Å². The Kier molecular flexibility index (Phi) is 14.7. The largest absolute Gasteiger partial charge is 0.330 e. The highest BCUT2D eigenvalue weighted by atomic mass is 14.5. The molecule has 0 saturated carbocycles. The third kappa shape index (κ3) is 9.30. The predicted molar refractivity (Wildman–Crippen MR) is 74.4 cm³/mol. The van der Waals surface area contributed by atoms with Crippen molar-refractivity contribution in [2.75, 3.05) is 6.54 Å². The molecule has 2 N–H and O–H groups in total. The first-order valence-corrected chi connectivity index (χ1v) is 6.08. The lowest BCUT2D eigenvalue weighted by molar-refractivity contribution is 1.03. The molecule has 0 fully saturated rings. The zero-order valence-corrected chi connectivity index (χ0v) is 11.3. The Hall–Kier alpha value is -1.26. The van der Waals surface area contributed by atoms with E-state index in [0.717, 1.165) is 12.0 Å². The molecular formula is C15H25N. The van der Waals surface area contributed by atoms with Gasteiger partial charge >= 0.3 is 0 Å². The molecule has 0 aliphatic carbocycles. The van der Waals surface area contributed by atoms with Crippen LogP contribution in [0.3, 0.4) is 0 Å². The topological polar surface area (TPSA) is 26.0 Å². The average molecular weight is 219 g/mol. The second kappa shape index (κ2) is 13.7. The quantitative estimate of drug-likeness (QED) is 0.715. The van der Waals surface area contributed by atoms with E-state index in [0.29, 0.717) is 6.54 Å². The van der Waals surface area contributed by atoms with Crippen LogP contribution in [0.4, 0.5) is 0 Å². The Labute approximate surface area is 101 Å². The van der Waals surface area contributed by atoms with Crippen molar-refractivity contribution in [3.63, 3.8) is 0 Å². The summed E-state index contributed by atoms with van der Waals surface area (Å²) in [6.07, 6.45) is 0.772. The van der Waals surface area contributed by atoms with E-state index >= 15 is 0 Å². The fourth-order valence-electron chi connectivity index (χ4n) is 0.874. The highest BCUT2D eigenvalue weighted by molar-refractivity contribution is 5.35. The van der Waals surface area contributed by atoms with Crippen molar-refractivity contribution >= 4 is 0 Å². The summed E-state index contributed by atoms with van der Waals surface area (Å²) in [7, 11) is 0. The molecule has 0 bridgehead atoms. The van der Waals surface area contributed by atoms with E-state index in [-0.39, 0.29) is 0 Å². The highest BCUT2D eigenvalue weighted by Gasteiger charge is 1.84. The summed E-state index contributed by atoms with van der Waals surface area (Å²) in [4.78, 5) is 0. The van der Waals surface area contributed by atoms with Crippen LogP contribution in [-0.4, -0.2) is 6.54 Å². The van der Waals surface area contributed by atoms with Crippen LogP contribution in [0.1, 0.15) is 45.2 Å². The smallest absolute Gasteiger partial charge is 0.0245 e. The van der Waals surface area contributed by atoms with Gasteiger partial charge in [-0.1, -0.05) is 57.2 Å². The molecule has 0 aromatic heterocycles. The molecule has 1 rings (SSSR count). The molecule has 0 amide bonds. The normalized spacial score (nSPS) is 7.38. The molecule has 0 spiro atoms. The molecule has 1 aromatic carbocycles. The summed E-state index contributed by atoms with van der Waals surface area (Å²) in [5.41, 5.74) is 7.64. The van der Waals surface area contributed by atoms with Crippen LogP contribution in [0.25, 0.3) is 0 Å². The van der Waals surface area contributed by atoms with Gasteiger partial charge in [0, 0.05) is 18.5 Å². The van der Waals surface area contributed by atoms with Crippen molar-refractivity contribution in [3.8, 4) is 11.8 Å². The maximum Gasteiger partial charge on any atom is 0.0245 e. The molecule has 1 aromatic rings. The van der Waals surface area contributed by atoms with Gasteiger partial charge in [-0.25, -0.2) is 0 Å². The predicted octanol–water partition coefficient (Wildman–Crippen LogP) is 3.75. The van der Waals surface area contributed by atoms with Gasteiger partial charge in [-0.2, -0.15) is 0 Å². The van der Waals surface area contributed by atoms with Crippen LogP contribution in [0.2, 0.25) is 0 Å². The van der Waals surface area contributed by atoms with Crippen molar-refractivity contribution in [1.82, 2.24) is 0 Å². The number of rotatable bonds is 1. The molecule has 1 nitrogen and oxygen atoms in total. The van der Waals surface area contributed by atoms with Gasteiger partial charge in [0.15, 0.2) is 0 Å². The molecule has 0 atom stereocenters. The molecule has 1 heteroatoms. The molecule has 0 aliphatic rings. The second-order valence-corrected chi connectivity index (χ2v) is 2.71. The standard InChI is InChI=1S/C11H13N.2C2H6/c1-10-5-7-11(8-6-10)4-2-3-9-12;2*1-2/h5-8H,3,9,12H2,1H3;2*1-2H3. The maximum atomic E-state index is 5.31. The molecule has 0 heterocycles. The fraction of sp³-hybridized carbons (Fsp3) is 0.467. The summed E-state index contributed by atoms with van der Waals surface area (Å²) < 4.78 is 0. The summed E-state index contributed by atoms with van der Waals surface area (Å²) in [5, 5.41) is 0. The minimum Gasteiger partial charge on any atom is -0.330 e. The van der Waals surface area contributed by atoms with E-state index < -0.39 is 0 Å². The van der Waals surface area contributed by atoms with Crippen LogP contribution in [0.15, 0.2) is 24.3 Å². The Morgan fingerprint density at radius 3 is 1.94 bits per heavy atom. The third-order valence-electron chi connectivity index (χ3n) is 1.55. The second-order valence-electron chi connectivity index (χ2n) is 2.71. The fourth-order valence-corrected chi connectivity index (χ4v) is 0.874.